The van der Waals surface area contributed by atoms with Gasteiger partial charge in [0.2, 0.25) is 0 Å². The number of anilines is 1. The monoisotopic (exact) mass is 454 g/mol. The first-order valence-corrected chi connectivity index (χ1v) is 9.76. The van der Waals surface area contributed by atoms with E-state index >= 15 is 0 Å². The van der Waals surface area contributed by atoms with Gasteiger partial charge in [0.15, 0.2) is 5.13 Å². The molecule has 0 bridgehead atoms. The minimum absolute atomic E-state index is 0.266. The average molecular weight is 456 g/mol. The Hall–Kier alpha value is -1.40. The fourth-order valence-electron chi connectivity index (χ4n) is 2.29. The normalized spacial score (nSPS) is 10.7. The number of nitrogens with one attached hydrogen (secondary N) is 1. The molecular weight excluding hydrogens is 443 g/mol. The van der Waals surface area contributed by atoms with Gasteiger partial charge in [-0.05, 0) is 52.7 Å². The second kappa shape index (κ2) is 7.87. The van der Waals surface area contributed by atoms with Crippen molar-refractivity contribution in [2.24, 2.45) is 0 Å². The molecule has 0 atom stereocenters. The highest BCUT2D eigenvalue weighted by Crippen LogP contribution is 2.29. The number of hydrogen-bond acceptors (Lipinski definition) is 3. The van der Waals surface area contributed by atoms with Crippen LogP contribution >= 0.6 is 50.5 Å². The lowest BCUT2D eigenvalue weighted by molar-refractivity contribution is 0.102. The lowest BCUT2D eigenvalue weighted by Crippen LogP contribution is -2.12. The molecule has 0 saturated carbocycles. The zero-order valence-electron chi connectivity index (χ0n) is 13.1. The van der Waals surface area contributed by atoms with Crippen molar-refractivity contribution in [1.82, 2.24) is 4.98 Å². The van der Waals surface area contributed by atoms with Crippen LogP contribution in [0.4, 0.5) is 5.13 Å². The van der Waals surface area contributed by atoms with E-state index in [1.165, 1.54) is 11.3 Å². The van der Waals surface area contributed by atoms with Gasteiger partial charge in [-0.2, -0.15) is 0 Å². The van der Waals surface area contributed by atoms with E-state index in [-0.39, 0.29) is 5.91 Å². The van der Waals surface area contributed by atoms with Gasteiger partial charge in [0.25, 0.3) is 5.91 Å². The summed E-state index contributed by atoms with van der Waals surface area (Å²) in [5.74, 6) is -0.266. The highest BCUT2D eigenvalue weighted by Gasteiger charge is 2.14. The molecule has 1 aromatic heterocycles. The molecular formula is C18H13BrCl2N2OS. The fraction of sp³-hybridized carbons (Fsp3) is 0.111. The molecule has 3 rings (SSSR count). The SMILES string of the molecule is Cc1nc(NC(=O)c2ccccc2Cl)sc1Cc1ccc(Br)c(Cl)c1. The maximum absolute atomic E-state index is 12.3. The molecule has 128 valence electrons. The van der Waals surface area contributed by atoms with E-state index in [4.69, 9.17) is 23.2 Å². The number of benzene rings is 2. The van der Waals surface area contributed by atoms with Crippen LogP contribution in [-0.2, 0) is 6.42 Å². The van der Waals surface area contributed by atoms with Crippen LogP contribution in [0.2, 0.25) is 10.0 Å². The third kappa shape index (κ3) is 4.42. The molecule has 0 aliphatic carbocycles. The van der Waals surface area contributed by atoms with E-state index < -0.39 is 0 Å². The maximum Gasteiger partial charge on any atom is 0.258 e. The minimum Gasteiger partial charge on any atom is -0.298 e. The van der Waals surface area contributed by atoms with Gasteiger partial charge in [0, 0.05) is 15.8 Å². The topological polar surface area (TPSA) is 42.0 Å². The van der Waals surface area contributed by atoms with Crippen molar-refractivity contribution >= 4 is 61.5 Å². The second-order valence-corrected chi connectivity index (χ2v) is 8.14. The van der Waals surface area contributed by atoms with Crippen molar-refractivity contribution in [1.29, 1.82) is 0 Å². The number of carbonyl (C=O) groups is 1. The van der Waals surface area contributed by atoms with Crippen LogP contribution in [-0.4, -0.2) is 10.9 Å². The molecule has 0 unspecified atom stereocenters. The first-order chi connectivity index (χ1) is 11.9. The van der Waals surface area contributed by atoms with E-state index in [2.05, 4.69) is 26.2 Å². The largest absolute Gasteiger partial charge is 0.298 e. The van der Waals surface area contributed by atoms with Gasteiger partial charge in [0.1, 0.15) is 0 Å². The maximum atomic E-state index is 12.3. The zero-order chi connectivity index (χ0) is 18.0. The van der Waals surface area contributed by atoms with Crippen molar-refractivity contribution in [2.45, 2.75) is 13.3 Å². The van der Waals surface area contributed by atoms with Crippen LogP contribution in [0.5, 0.6) is 0 Å². The van der Waals surface area contributed by atoms with Crippen molar-refractivity contribution in [3.8, 4) is 0 Å². The Morgan fingerprint density at radius 3 is 2.68 bits per heavy atom. The fourth-order valence-corrected chi connectivity index (χ4v) is 3.95. The van der Waals surface area contributed by atoms with Gasteiger partial charge in [-0.15, -0.1) is 11.3 Å². The first-order valence-electron chi connectivity index (χ1n) is 7.40. The van der Waals surface area contributed by atoms with Crippen LogP contribution in [0.3, 0.4) is 0 Å². The van der Waals surface area contributed by atoms with Crippen LogP contribution in [0.1, 0.15) is 26.5 Å². The van der Waals surface area contributed by atoms with E-state index in [1.807, 2.05) is 25.1 Å². The van der Waals surface area contributed by atoms with Crippen LogP contribution in [0, 0.1) is 6.92 Å². The molecule has 0 spiro atoms. The quantitative estimate of drug-likeness (QED) is 0.496. The number of hydrogen-bond donors (Lipinski definition) is 1. The van der Waals surface area contributed by atoms with Gasteiger partial charge >= 0.3 is 0 Å². The summed E-state index contributed by atoms with van der Waals surface area (Å²) in [7, 11) is 0. The Morgan fingerprint density at radius 2 is 1.96 bits per heavy atom. The van der Waals surface area contributed by atoms with Crippen LogP contribution in [0.15, 0.2) is 46.9 Å². The molecule has 0 aliphatic heterocycles. The average Bonchev–Trinajstić information content (AvgIpc) is 2.90. The number of rotatable bonds is 4. The van der Waals surface area contributed by atoms with Crippen molar-refractivity contribution in [3.05, 3.63) is 78.7 Å². The summed E-state index contributed by atoms with van der Waals surface area (Å²) in [5.41, 5.74) is 2.40. The molecule has 7 heteroatoms. The predicted octanol–water partition coefficient (Wildman–Crippen LogP) is 6.36. The standard InChI is InChI=1S/C18H13BrCl2N2OS/c1-10-16(9-11-6-7-13(19)15(21)8-11)25-18(22-10)23-17(24)12-4-2-3-5-14(12)20/h2-8H,9H2,1H3,(H,22,23,24). The lowest BCUT2D eigenvalue weighted by Gasteiger charge is -2.03. The zero-order valence-corrected chi connectivity index (χ0v) is 17.1. The molecule has 0 fully saturated rings. The summed E-state index contributed by atoms with van der Waals surface area (Å²) in [6.45, 7) is 1.93. The summed E-state index contributed by atoms with van der Waals surface area (Å²) >= 11 is 17.1. The molecule has 3 aromatic rings. The van der Waals surface area contributed by atoms with E-state index in [1.54, 1.807) is 24.3 Å². The molecule has 2 aromatic carbocycles. The Morgan fingerprint density at radius 1 is 1.20 bits per heavy atom. The number of nitrogens with zero attached hydrogens (tertiary/aromatic N) is 1. The molecule has 0 radical (unpaired) electrons. The molecule has 25 heavy (non-hydrogen) atoms. The van der Waals surface area contributed by atoms with Crippen LogP contribution < -0.4 is 5.32 Å². The molecule has 3 nitrogen and oxygen atoms in total. The lowest BCUT2D eigenvalue weighted by atomic mass is 10.1. The van der Waals surface area contributed by atoms with Gasteiger partial charge in [-0.1, -0.05) is 41.4 Å². The summed E-state index contributed by atoms with van der Waals surface area (Å²) in [5, 5.41) is 4.46. The van der Waals surface area contributed by atoms with Gasteiger partial charge in [0.05, 0.1) is 21.3 Å². The predicted molar refractivity (Wildman–Crippen MR) is 108 cm³/mol. The number of halogens is 3. The Kier molecular flexibility index (Phi) is 5.79. The van der Waals surface area contributed by atoms with Gasteiger partial charge < -0.3 is 0 Å². The third-order valence-electron chi connectivity index (χ3n) is 3.58. The number of amides is 1. The molecule has 1 heterocycles. The van der Waals surface area contributed by atoms with Crippen molar-refractivity contribution in [2.75, 3.05) is 5.32 Å². The second-order valence-electron chi connectivity index (χ2n) is 5.39. The third-order valence-corrected chi connectivity index (χ3v) is 6.22. The number of aryl methyl sites for hydroxylation is 1. The van der Waals surface area contributed by atoms with E-state index in [9.17, 15) is 4.79 Å². The first kappa shape index (κ1) is 18.4. The number of aromatic nitrogens is 1. The number of thiazole rings is 1. The Bertz CT molecular complexity index is 943. The number of carbonyl (C=O) groups excluding carboxylic acids is 1. The Labute approximate surface area is 168 Å². The summed E-state index contributed by atoms with van der Waals surface area (Å²) < 4.78 is 0.867. The Balaban J connectivity index is 1.77. The molecule has 1 amide bonds. The molecule has 1 N–H and O–H groups in total. The van der Waals surface area contributed by atoms with Crippen molar-refractivity contribution < 1.29 is 4.79 Å². The molecule has 0 aliphatic rings. The highest BCUT2D eigenvalue weighted by molar-refractivity contribution is 9.10. The van der Waals surface area contributed by atoms with Crippen molar-refractivity contribution in [3.63, 3.8) is 0 Å². The summed E-state index contributed by atoms with van der Waals surface area (Å²) in [6.07, 6.45) is 0.707. The van der Waals surface area contributed by atoms with E-state index in [0.29, 0.717) is 27.2 Å². The van der Waals surface area contributed by atoms with Gasteiger partial charge in [-0.25, -0.2) is 4.98 Å². The smallest absolute Gasteiger partial charge is 0.258 e. The van der Waals surface area contributed by atoms with E-state index in [0.717, 1.165) is 20.6 Å². The van der Waals surface area contributed by atoms with Gasteiger partial charge in [-0.3, -0.25) is 10.1 Å². The highest BCUT2D eigenvalue weighted by atomic mass is 79.9. The summed E-state index contributed by atoms with van der Waals surface area (Å²) in [4.78, 5) is 17.9. The minimum atomic E-state index is -0.266. The molecule has 0 saturated heterocycles. The van der Waals surface area contributed by atoms with Crippen LogP contribution in [0.25, 0.3) is 0 Å². The summed E-state index contributed by atoms with van der Waals surface area (Å²) in [6, 6.07) is 12.8.